The Bertz CT molecular complexity index is 870. The highest BCUT2D eigenvalue weighted by molar-refractivity contribution is 6.33. The number of hydrogen-bond acceptors (Lipinski definition) is 2. The first-order valence-corrected chi connectivity index (χ1v) is 6.81. The molecule has 1 unspecified atom stereocenters. The van der Waals surface area contributed by atoms with Gasteiger partial charge in [-0.05, 0) is 12.5 Å². The zero-order chi connectivity index (χ0) is 15.3. The molecule has 2 aromatic rings. The second-order valence-electron chi connectivity index (χ2n) is 4.90. The van der Waals surface area contributed by atoms with Crippen molar-refractivity contribution in [3.63, 3.8) is 0 Å². The van der Waals surface area contributed by atoms with E-state index in [-0.39, 0.29) is 22.0 Å². The van der Waals surface area contributed by atoms with Gasteiger partial charge in [0.15, 0.2) is 0 Å². The van der Waals surface area contributed by atoms with Gasteiger partial charge in [-0.2, -0.15) is 0 Å². The summed E-state index contributed by atoms with van der Waals surface area (Å²) in [4.78, 5) is 23.5. The lowest BCUT2D eigenvalue weighted by Gasteiger charge is -2.24. The van der Waals surface area contributed by atoms with Crippen molar-refractivity contribution in [1.29, 1.82) is 0 Å². The molecule has 3 rings (SSSR count). The Morgan fingerprint density at radius 3 is 2.86 bits per heavy atom. The highest BCUT2D eigenvalue weighted by Crippen LogP contribution is 2.35. The maximum Gasteiger partial charge on any atom is 0.341 e. The average Bonchev–Trinajstić information content (AvgIpc) is 2.46. The van der Waals surface area contributed by atoms with E-state index >= 15 is 0 Å². The van der Waals surface area contributed by atoms with E-state index in [1.54, 1.807) is 10.6 Å². The summed E-state index contributed by atoms with van der Waals surface area (Å²) in [5, 5.41) is 9.14. The zero-order valence-corrected chi connectivity index (χ0v) is 11.8. The van der Waals surface area contributed by atoms with E-state index in [1.165, 1.54) is 6.20 Å². The van der Waals surface area contributed by atoms with E-state index < -0.39 is 17.2 Å². The van der Waals surface area contributed by atoms with Crippen LogP contribution in [0.25, 0.3) is 17.0 Å². The molecule has 0 aliphatic carbocycles. The number of allylic oxidation sites excluding steroid dienone is 1. The van der Waals surface area contributed by atoms with Gasteiger partial charge in [0.1, 0.15) is 11.4 Å². The van der Waals surface area contributed by atoms with Gasteiger partial charge >= 0.3 is 5.97 Å². The van der Waals surface area contributed by atoms with Gasteiger partial charge in [-0.3, -0.25) is 4.79 Å². The van der Waals surface area contributed by atoms with Crippen molar-refractivity contribution < 1.29 is 14.3 Å². The largest absolute Gasteiger partial charge is 0.477 e. The smallest absolute Gasteiger partial charge is 0.341 e. The summed E-state index contributed by atoms with van der Waals surface area (Å²) in [6, 6.07) is 0.915. The van der Waals surface area contributed by atoms with Crippen molar-refractivity contribution in [1.82, 2.24) is 4.57 Å². The van der Waals surface area contributed by atoms with Crippen LogP contribution in [0.15, 0.2) is 23.1 Å². The average molecular weight is 308 g/mol. The summed E-state index contributed by atoms with van der Waals surface area (Å²) < 4.78 is 15.6. The van der Waals surface area contributed by atoms with E-state index in [9.17, 15) is 14.0 Å². The van der Waals surface area contributed by atoms with E-state index in [4.69, 9.17) is 16.7 Å². The molecule has 6 heteroatoms. The van der Waals surface area contributed by atoms with Gasteiger partial charge in [-0.25, -0.2) is 9.18 Å². The van der Waals surface area contributed by atoms with Gasteiger partial charge in [-0.15, -0.1) is 0 Å². The van der Waals surface area contributed by atoms with Gasteiger partial charge in [0, 0.05) is 11.8 Å². The van der Waals surface area contributed by atoms with E-state index in [1.807, 2.05) is 13.0 Å². The molecule has 1 N–H and O–H groups in total. The normalized spacial score (nSPS) is 16.4. The molecule has 0 fully saturated rings. The predicted molar refractivity (Wildman–Crippen MR) is 78.5 cm³/mol. The summed E-state index contributed by atoms with van der Waals surface area (Å²) >= 11 is 5.97. The van der Waals surface area contributed by atoms with Gasteiger partial charge in [0.05, 0.1) is 22.0 Å². The SMILES string of the molecule is CCC1C=Cc2c(Cl)c(F)cc3c(=O)c(C(=O)O)cn1c23. The van der Waals surface area contributed by atoms with Crippen molar-refractivity contribution in [3.05, 3.63) is 50.5 Å². The fourth-order valence-corrected chi connectivity index (χ4v) is 2.90. The molecular weight excluding hydrogens is 297 g/mol. The third kappa shape index (κ3) is 1.88. The minimum Gasteiger partial charge on any atom is -0.477 e. The Labute approximate surface area is 124 Å². The molecule has 108 valence electrons. The third-order valence-electron chi connectivity index (χ3n) is 3.73. The standard InChI is InChI=1S/C15H11ClFNO3/c1-2-7-3-4-8-12(16)11(17)5-9-13(8)18(7)6-10(14(9)19)15(20)21/h3-7H,2H2,1H3,(H,20,21). The van der Waals surface area contributed by atoms with Crippen molar-refractivity contribution >= 4 is 34.5 Å². The molecule has 1 aromatic carbocycles. The van der Waals surface area contributed by atoms with Crippen LogP contribution in [0.3, 0.4) is 0 Å². The van der Waals surface area contributed by atoms with Crippen LogP contribution in [0.2, 0.25) is 5.02 Å². The maximum absolute atomic E-state index is 13.9. The first-order chi connectivity index (χ1) is 9.95. The number of rotatable bonds is 2. The van der Waals surface area contributed by atoms with Crippen LogP contribution in [0.1, 0.15) is 35.3 Å². The Morgan fingerprint density at radius 1 is 1.52 bits per heavy atom. The van der Waals surface area contributed by atoms with Gasteiger partial charge < -0.3 is 9.67 Å². The van der Waals surface area contributed by atoms with E-state index in [0.29, 0.717) is 17.5 Å². The van der Waals surface area contributed by atoms with Crippen LogP contribution in [0.5, 0.6) is 0 Å². The van der Waals surface area contributed by atoms with Gasteiger partial charge in [0.25, 0.3) is 0 Å². The molecule has 1 atom stereocenters. The number of carboxylic acid groups (broad SMARTS) is 1. The fraction of sp³-hybridized carbons (Fsp3) is 0.200. The molecule has 0 bridgehead atoms. The first kappa shape index (κ1) is 13.8. The lowest BCUT2D eigenvalue weighted by atomic mass is 9.99. The number of aromatic nitrogens is 1. The quantitative estimate of drug-likeness (QED) is 0.924. The number of carboxylic acids is 1. The second kappa shape index (κ2) is 4.70. The van der Waals surface area contributed by atoms with Crippen LogP contribution < -0.4 is 5.43 Å². The second-order valence-corrected chi connectivity index (χ2v) is 5.28. The van der Waals surface area contributed by atoms with Crippen LogP contribution in [-0.2, 0) is 0 Å². The molecule has 0 radical (unpaired) electrons. The summed E-state index contributed by atoms with van der Waals surface area (Å²) in [7, 11) is 0. The molecule has 1 aliphatic heterocycles. The highest BCUT2D eigenvalue weighted by Gasteiger charge is 2.24. The van der Waals surface area contributed by atoms with E-state index in [0.717, 1.165) is 6.07 Å². The molecule has 21 heavy (non-hydrogen) atoms. The number of benzene rings is 1. The van der Waals surface area contributed by atoms with Gasteiger partial charge in [0.2, 0.25) is 5.43 Å². The molecule has 0 saturated carbocycles. The van der Waals surface area contributed by atoms with Crippen molar-refractivity contribution in [2.45, 2.75) is 19.4 Å². The van der Waals surface area contributed by atoms with Crippen LogP contribution >= 0.6 is 11.6 Å². The number of hydrogen-bond donors (Lipinski definition) is 1. The molecule has 4 nitrogen and oxygen atoms in total. The molecular formula is C15H11ClFNO3. The zero-order valence-electron chi connectivity index (χ0n) is 11.1. The number of halogens is 2. The Balaban J connectivity index is 2.56. The first-order valence-electron chi connectivity index (χ1n) is 6.44. The summed E-state index contributed by atoms with van der Waals surface area (Å²) in [6.07, 6.45) is 5.52. The van der Waals surface area contributed by atoms with Crippen LogP contribution in [0, 0.1) is 5.82 Å². The number of carbonyl (C=O) groups is 1. The van der Waals surface area contributed by atoms with Crippen LogP contribution in [0.4, 0.5) is 4.39 Å². The molecule has 0 spiro atoms. The van der Waals surface area contributed by atoms with Crippen LogP contribution in [-0.4, -0.2) is 15.6 Å². The van der Waals surface area contributed by atoms with Crippen molar-refractivity contribution in [2.24, 2.45) is 0 Å². The van der Waals surface area contributed by atoms with Gasteiger partial charge in [-0.1, -0.05) is 30.7 Å². The molecule has 0 amide bonds. The number of aromatic carboxylic acids is 1. The molecule has 1 aromatic heterocycles. The summed E-state index contributed by atoms with van der Waals surface area (Å²) in [5.41, 5.74) is -0.184. The van der Waals surface area contributed by atoms with Crippen molar-refractivity contribution in [3.8, 4) is 0 Å². The minimum atomic E-state index is -1.33. The summed E-state index contributed by atoms with van der Waals surface area (Å²) in [5.74, 6) is -2.06. The predicted octanol–water partition coefficient (Wildman–Crippen LogP) is 3.47. The topological polar surface area (TPSA) is 59.3 Å². The van der Waals surface area contributed by atoms with Crippen molar-refractivity contribution in [2.75, 3.05) is 0 Å². The number of pyridine rings is 1. The lowest BCUT2D eigenvalue weighted by Crippen LogP contribution is -2.22. The highest BCUT2D eigenvalue weighted by atomic mass is 35.5. The molecule has 0 saturated heterocycles. The monoisotopic (exact) mass is 307 g/mol. The maximum atomic E-state index is 13.9. The Kier molecular flexibility index (Phi) is 3.10. The Hall–Kier alpha value is -2.14. The number of nitrogens with zero attached hydrogens (tertiary/aromatic N) is 1. The fourth-order valence-electron chi connectivity index (χ4n) is 2.69. The Morgan fingerprint density at radius 2 is 2.24 bits per heavy atom. The summed E-state index contributed by atoms with van der Waals surface area (Å²) in [6.45, 7) is 1.94. The lowest BCUT2D eigenvalue weighted by molar-refractivity contribution is 0.0694. The minimum absolute atomic E-state index is 0.0367. The molecule has 2 heterocycles. The van der Waals surface area contributed by atoms with E-state index in [2.05, 4.69) is 0 Å². The molecule has 1 aliphatic rings. The third-order valence-corrected chi connectivity index (χ3v) is 4.12.